The number of amides is 1. The summed E-state index contributed by atoms with van der Waals surface area (Å²) in [7, 11) is 0. The summed E-state index contributed by atoms with van der Waals surface area (Å²) >= 11 is 5.94. The van der Waals surface area contributed by atoms with Crippen LogP contribution in [0.1, 0.15) is 36.8 Å². The molecule has 0 fully saturated rings. The second-order valence-electron chi connectivity index (χ2n) is 8.17. The van der Waals surface area contributed by atoms with Crippen LogP contribution in [0.3, 0.4) is 0 Å². The Bertz CT molecular complexity index is 1350. The molecular formula is C27H22ClF3N2O3. The number of hydrogen-bond acceptors (Lipinski definition) is 4. The molecule has 0 bridgehead atoms. The fourth-order valence-electron chi connectivity index (χ4n) is 3.85. The number of alkyl halides is 3. The van der Waals surface area contributed by atoms with Gasteiger partial charge in [0.1, 0.15) is 11.4 Å². The Balaban J connectivity index is 1.73. The minimum absolute atomic E-state index is 0.00633. The number of rotatable bonds is 7. The van der Waals surface area contributed by atoms with Crippen LogP contribution < -0.4 is 5.32 Å². The molecule has 1 amide bonds. The molecule has 0 saturated heterocycles. The molecule has 1 heterocycles. The summed E-state index contributed by atoms with van der Waals surface area (Å²) in [5.41, 5.74) is 0.756. The van der Waals surface area contributed by atoms with Gasteiger partial charge in [-0.2, -0.15) is 13.2 Å². The fourth-order valence-corrected chi connectivity index (χ4v) is 4.02. The third kappa shape index (κ3) is 5.54. The number of oxazole rings is 1. The van der Waals surface area contributed by atoms with Crippen LogP contribution >= 0.6 is 11.6 Å². The Kier molecular flexibility index (Phi) is 7.35. The van der Waals surface area contributed by atoms with Crippen LogP contribution in [-0.4, -0.2) is 16.0 Å². The summed E-state index contributed by atoms with van der Waals surface area (Å²) in [4.78, 5) is 17.8. The Labute approximate surface area is 210 Å². The molecule has 5 nitrogen and oxygen atoms in total. The topological polar surface area (TPSA) is 75.4 Å². The molecule has 0 radical (unpaired) electrons. The summed E-state index contributed by atoms with van der Waals surface area (Å²) < 4.78 is 45.1. The molecule has 0 aliphatic rings. The van der Waals surface area contributed by atoms with Gasteiger partial charge in [0, 0.05) is 21.7 Å². The van der Waals surface area contributed by atoms with Crippen LogP contribution in [0, 0.1) is 0 Å². The smallest absolute Gasteiger partial charge is 0.416 e. The third-order valence-electron chi connectivity index (χ3n) is 5.63. The van der Waals surface area contributed by atoms with Crippen LogP contribution in [-0.2, 0) is 11.0 Å². The van der Waals surface area contributed by atoms with Crippen LogP contribution in [0.15, 0.2) is 77.2 Å². The highest BCUT2D eigenvalue weighted by Gasteiger charge is 2.31. The van der Waals surface area contributed by atoms with Gasteiger partial charge >= 0.3 is 6.18 Å². The van der Waals surface area contributed by atoms with Crippen molar-refractivity contribution in [2.75, 3.05) is 5.32 Å². The maximum Gasteiger partial charge on any atom is 0.416 e. The number of anilines is 1. The van der Waals surface area contributed by atoms with E-state index in [1.807, 2.05) is 13.0 Å². The molecule has 3 aromatic carbocycles. The van der Waals surface area contributed by atoms with Gasteiger partial charge in [-0.25, -0.2) is 4.98 Å². The molecule has 36 heavy (non-hydrogen) atoms. The lowest BCUT2D eigenvalue weighted by atomic mass is 9.92. The van der Waals surface area contributed by atoms with Crippen LogP contribution in [0.5, 0.6) is 5.75 Å². The quantitative estimate of drug-likeness (QED) is 0.263. The highest BCUT2D eigenvalue weighted by molar-refractivity contribution is 6.30. The van der Waals surface area contributed by atoms with Crippen molar-refractivity contribution in [3.63, 3.8) is 0 Å². The zero-order valence-corrected chi connectivity index (χ0v) is 19.9. The predicted octanol–water partition coefficient (Wildman–Crippen LogP) is 7.91. The first-order chi connectivity index (χ1) is 17.2. The molecule has 0 aliphatic carbocycles. The molecule has 1 atom stereocenters. The maximum absolute atomic E-state index is 13.4. The van der Waals surface area contributed by atoms with Gasteiger partial charge in [-0.15, -0.1) is 0 Å². The van der Waals surface area contributed by atoms with E-state index in [-0.39, 0.29) is 23.2 Å². The van der Waals surface area contributed by atoms with Crippen molar-refractivity contribution in [2.45, 2.75) is 31.9 Å². The van der Waals surface area contributed by atoms with E-state index in [9.17, 15) is 23.1 Å². The van der Waals surface area contributed by atoms with Gasteiger partial charge in [0.05, 0.1) is 11.5 Å². The van der Waals surface area contributed by atoms with Crippen molar-refractivity contribution in [1.29, 1.82) is 0 Å². The number of phenolic OH excluding ortho intramolecular Hbond substituents is 1. The minimum Gasteiger partial charge on any atom is -0.508 e. The third-order valence-corrected chi connectivity index (χ3v) is 5.87. The normalized spacial score (nSPS) is 12.4. The zero-order chi connectivity index (χ0) is 25.9. The number of nitrogens with zero attached hydrogens (tertiary/aromatic N) is 1. The molecule has 9 heteroatoms. The van der Waals surface area contributed by atoms with E-state index < -0.39 is 23.6 Å². The standard InChI is InChI=1S/C27H22ClF3N2O3/c1-2-6-21(20-14-13-19(28)15-22(20)34)24(35)33-26-23(16-9-11-18(12-10-16)27(29,30)31)32-25(36-26)17-7-4-3-5-8-17/h3-5,7-15,21,34H,2,6H2,1H3,(H,33,35). The minimum atomic E-state index is -4.48. The Morgan fingerprint density at radius 2 is 1.75 bits per heavy atom. The molecule has 1 aromatic heterocycles. The molecule has 0 aliphatic heterocycles. The lowest BCUT2D eigenvalue weighted by molar-refractivity contribution is -0.137. The SMILES string of the molecule is CCCC(C(=O)Nc1oc(-c2ccccc2)nc1-c1ccc(C(F)(F)F)cc1)c1ccc(Cl)cc1O. The molecular weight excluding hydrogens is 493 g/mol. The fraction of sp³-hybridized carbons (Fsp3) is 0.185. The molecule has 1 unspecified atom stereocenters. The van der Waals surface area contributed by atoms with E-state index in [1.165, 1.54) is 18.2 Å². The number of aromatic hydroxyl groups is 1. The molecule has 0 spiro atoms. The lowest BCUT2D eigenvalue weighted by Gasteiger charge is -2.17. The van der Waals surface area contributed by atoms with E-state index in [1.54, 1.807) is 36.4 Å². The number of nitrogens with one attached hydrogen (secondary N) is 1. The van der Waals surface area contributed by atoms with Crippen molar-refractivity contribution in [3.05, 3.63) is 88.9 Å². The van der Waals surface area contributed by atoms with E-state index in [0.717, 1.165) is 12.1 Å². The van der Waals surface area contributed by atoms with Crippen molar-refractivity contribution in [1.82, 2.24) is 4.98 Å². The number of carbonyl (C=O) groups excluding carboxylic acids is 1. The molecule has 0 saturated carbocycles. The first kappa shape index (κ1) is 25.3. The van der Waals surface area contributed by atoms with Crippen LogP contribution in [0.4, 0.5) is 19.1 Å². The largest absolute Gasteiger partial charge is 0.508 e. The summed E-state index contributed by atoms with van der Waals surface area (Å²) in [5.74, 6) is -1.10. The van der Waals surface area contributed by atoms with Gasteiger partial charge in [0.15, 0.2) is 0 Å². The summed E-state index contributed by atoms with van der Waals surface area (Å²) in [5, 5.41) is 13.5. The van der Waals surface area contributed by atoms with E-state index in [2.05, 4.69) is 10.3 Å². The summed E-state index contributed by atoms with van der Waals surface area (Å²) in [6.07, 6.45) is -3.41. The van der Waals surface area contributed by atoms with Gasteiger partial charge in [-0.05, 0) is 42.8 Å². The number of aromatic nitrogens is 1. The first-order valence-electron chi connectivity index (χ1n) is 11.2. The average Bonchev–Trinajstić information content (AvgIpc) is 3.27. The number of phenols is 1. The average molecular weight is 515 g/mol. The highest BCUT2D eigenvalue weighted by atomic mass is 35.5. The zero-order valence-electron chi connectivity index (χ0n) is 19.1. The summed E-state index contributed by atoms with van der Waals surface area (Å²) in [6.45, 7) is 1.91. The monoisotopic (exact) mass is 514 g/mol. The number of benzene rings is 3. The number of halogens is 4. The Morgan fingerprint density at radius 1 is 1.06 bits per heavy atom. The van der Waals surface area contributed by atoms with Gasteiger partial charge < -0.3 is 9.52 Å². The van der Waals surface area contributed by atoms with E-state index in [0.29, 0.717) is 34.6 Å². The Morgan fingerprint density at radius 3 is 2.36 bits per heavy atom. The predicted molar refractivity (Wildman–Crippen MR) is 132 cm³/mol. The number of hydrogen-bond donors (Lipinski definition) is 2. The molecule has 4 rings (SSSR count). The van der Waals surface area contributed by atoms with Crippen molar-refractivity contribution in [3.8, 4) is 28.5 Å². The summed E-state index contributed by atoms with van der Waals surface area (Å²) in [6, 6.07) is 17.9. The molecule has 186 valence electrons. The first-order valence-corrected chi connectivity index (χ1v) is 11.6. The van der Waals surface area contributed by atoms with Gasteiger partial charge in [-0.1, -0.05) is 61.3 Å². The van der Waals surface area contributed by atoms with Crippen LogP contribution in [0.2, 0.25) is 5.02 Å². The van der Waals surface area contributed by atoms with Crippen LogP contribution in [0.25, 0.3) is 22.7 Å². The highest BCUT2D eigenvalue weighted by Crippen LogP contribution is 2.37. The van der Waals surface area contributed by atoms with Crippen molar-refractivity contribution < 1.29 is 27.5 Å². The van der Waals surface area contributed by atoms with Gasteiger partial charge in [0.25, 0.3) is 0 Å². The van der Waals surface area contributed by atoms with E-state index in [4.69, 9.17) is 16.0 Å². The molecule has 4 aromatic rings. The maximum atomic E-state index is 13.4. The van der Waals surface area contributed by atoms with Crippen molar-refractivity contribution in [2.24, 2.45) is 0 Å². The number of carbonyl (C=O) groups is 1. The lowest BCUT2D eigenvalue weighted by Crippen LogP contribution is -2.21. The van der Waals surface area contributed by atoms with Crippen molar-refractivity contribution >= 4 is 23.4 Å². The van der Waals surface area contributed by atoms with Gasteiger partial charge in [-0.3, -0.25) is 10.1 Å². The second-order valence-corrected chi connectivity index (χ2v) is 8.61. The Hall–Kier alpha value is -3.78. The molecule has 2 N–H and O–H groups in total. The second kappa shape index (κ2) is 10.5. The van der Waals surface area contributed by atoms with Gasteiger partial charge in [0.2, 0.25) is 17.7 Å². The van der Waals surface area contributed by atoms with E-state index >= 15 is 0 Å².